The lowest BCUT2D eigenvalue weighted by atomic mass is 10.1. The Morgan fingerprint density at radius 1 is 1.13 bits per heavy atom. The molecule has 1 fully saturated rings. The van der Waals surface area contributed by atoms with E-state index in [1.54, 1.807) is 17.9 Å². The van der Waals surface area contributed by atoms with Crippen LogP contribution in [0.25, 0.3) is 0 Å². The van der Waals surface area contributed by atoms with E-state index in [0.29, 0.717) is 49.6 Å². The first-order valence-electron chi connectivity index (χ1n) is 8.21. The van der Waals surface area contributed by atoms with Crippen molar-refractivity contribution in [3.05, 3.63) is 35.1 Å². The monoisotopic (exact) mass is 320 g/mol. The minimum atomic E-state index is -0.303. The van der Waals surface area contributed by atoms with E-state index in [1.807, 2.05) is 18.7 Å². The molecule has 1 aromatic carbocycles. The zero-order valence-corrected chi connectivity index (χ0v) is 14.1. The van der Waals surface area contributed by atoms with Gasteiger partial charge in [0.2, 0.25) is 5.91 Å². The number of hydrogen-bond donors (Lipinski definition) is 0. The normalized spacial score (nSPS) is 15.7. The van der Waals surface area contributed by atoms with Crippen LogP contribution in [0.4, 0.5) is 4.39 Å². The van der Waals surface area contributed by atoms with Gasteiger partial charge in [-0.15, -0.1) is 0 Å². The van der Waals surface area contributed by atoms with Crippen molar-refractivity contribution in [1.82, 2.24) is 9.80 Å². The topological polar surface area (TPSA) is 40.6 Å². The van der Waals surface area contributed by atoms with Gasteiger partial charge in [0.15, 0.2) is 0 Å². The van der Waals surface area contributed by atoms with Crippen LogP contribution in [0.5, 0.6) is 0 Å². The Hall–Kier alpha value is -1.91. The van der Waals surface area contributed by atoms with Crippen LogP contribution in [0.2, 0.25) is 0 Å². The lowest BCUT2D eigenvalue weighted by Crippen LogP contribution is -2.37. The summed E-state index contributed by atoms with van der Waals surface area (Å²) >= 11 is 0. The van der Waals surface area contributed by atoms with Crippen molar-refractivity contribution >= 4 is 11.8 Å². The van der Waals surface area contributed by atoms with Crippen LogP contribution in [0.15, 0.2) is 18.2 Å². The number of rotatable bonds is 3. The molecule has 1 aliphatic heterocycles. The van der Waals surface area contributed by atoms with Gasteiger partial charge in [-0.2, -0.15) is 0 Å². The van der Waals surface area contributed by atoms with Crippen LogP contribution in [0, 0.1) is 18.7 Å². The first kappa shape index (κ1) is 17.4. The van der Waals surface area contributed by atoms with E-state index in [-0.39, 0.29) is 17.6 Å². The van der Waals surface area contributed by atoms with Crippen molar-refractivity contribution in [2.75, 3.05) is 26.2 Å². The van der Waals surface area contributed by atoms with Gasteiger partial charge in [-0.3, -0.25) is 9.59 Å². The average molecular weight is 320 g/mol. The largest absolute Gasteiger partial charge is 0.341 e. The molecule has 126 valence electrons. The molecule has 0 atom stereocenters. The number of carbonyl (C=O) groups is 2. The highest BCUT2D eigenvalue weighted by Gasteiger charge is 2.23. The van der Waals surface area contributed by atoms with Gasteiger partial charge in [0.25, 0.3) is 5.91 Å². The molecule has 1 saturated heterocycles. The van der Waals surface area contributed by atoms with Gasteiger partial charge in [0, 0.05) is 38.2 Å². The van der Waals surface area contributed by atoms with Crippen LogP contribution in [0.3, 0.4) is 0 Å². The first-order chi connectivity index (χ1) is 10.9. The summed E-state index contributed by atoms with van der Waals surface area (Å²) in [6, 6.07) is 4.44. The Kier molecular flexibility index (Phi) is 5.74. The van der Waals surface area contributed by atoms with Crippen molar-refractivity contribution in [3.8, 4) is 0 Å². The first-order valence-corrected chi connectivity index (χ1v) is 8.21. The number of hydrogen-bond acceptors (Lipinski definition) is 2. The lowest BCUT2D eigenvalue weighted by molar-refractivity contribution is -0.131. The maximum Gasteiger partial charge on any atom is 0.253 e. The molecule has 0 aliphatic carbocycles. The number of benzene rings is 1. The molecule has 1 aromatic rings. The minimum Gasteiger partial charge on any atom is -0.341 e. The van der Waals surface area contributed by atoms with Crippen LogP contribution in [-0.4, -0.2) is 47.8 Å². The summed E-state index contributed by atoms with van der Waals surface area (Å²) in [6.07, 6.45) is 1.32. The average Bonchev–Trinajstić information content (AvgIpc) is 2.74. The lowest BCUT2D eigenvalue weighted by Gasteiger charge is -2.23. The Labute approximate surface area is 137 Å². The van der Waals surface area contributed by atoms with Crippen LogP contribution >= 0.6 is 0 Å². The predicted molar refractivity (Wildman–Crippen MR) is 87.7 cm³/mol. The van der Waals surface area contributed by atoms with Gasteiger partial charge in [-0.25, -0.2) is 4.39 Å². The molecule has 0 radical (unpaired) electrons. The summed E-state index contributed by atoms with van der Waals surface area (Å²) in [7, 11) is 0. The second-order valence-electron chi connectivity index (χ2n) is 6.59. The van der Waals surface area contributed by atoms with Gasteiger partial charge in [0.05, 0.1) is 0 Å². The molecule has 1 aliphatic rings. The fraction of sp³-hybridized carbons (Fsp3) is 0.556. The third-order valence-corrected chi connectivity index (χ3v) is 4.12. The van der Waals surface area contributed by atoms with Crippen molar-refractivity contribution in [2.24, 2.45) is 5.92 Å². The Balaban J connectivity index is 2.00. The van der Waals surface area contributed by atoms with Gasteiger partial charge >= 0.3 is 0 Å². The Morgan fingerprint density at radius 3 is 2.43 bits per heavy atom. The summed E-state index contributed by atoms with van der Waals surface area (Å²) in [5.41, 5.74) is 0.977. The van der Waals surface area contributed by atoms with E-state index in [4.69, 9.17) is 0 Å². The SMILES string of the molecule is Cc1cc(C(=O)N2CCCN(C(=O)CC(C)C)CC2)ccc1F. The van der Waals surface area contributed by atoms with Gasteiger partial charge in [-0.05, 0) is 43.0 Å². The summed E-state index contributed by atoms with van der Waals surface area (Å²) in [5.74, 6) is 0.103. The van der Waals surface area contributed by atoms with E-state index in [1.165, 1.54) is 12.1 Å². The molecule has 0 bridgehead atoms. The number of carbonyl (C=O) groups excluding carboxylic acids is 2. The van der Waals surface area contributed by atoms with E-state index in [2.05, 4.69) is 0 Å². The third-order valence-electron chi connectivity index (χ3n) is 4.12. The van der Waals surface area contributed by atoms with Crippen LogP contribution < -0.4 is 0 Å². The predicted octanol–water partition coefficient (Wildman–Crippen LogP) is 2.85. The molecule has 0 N–H and O–H groups in total. The fourth-order valence-electron chi connectivity index (χ4n) is 2.81. The molecule has 2 rings (SSSR count). The smallest absolute Gasteiger partial charge is 0.253 e. The van der Waals surface area contributed by atoms with Gasteiger partial charge in [-0.1, -0.05) is 13.8 Å². The summed E-state index contributed by atoms with van der Waals surface area (Å²) < 4.78 is 13.3. The molecule has 1 heterocycles. The summed E-state index contributed by atoms with van der Waals surface area (Å²) in [4.78, 5) is 28.4. The quantitative estimate of drug-likeness (QED) is 0.859. The second-order valence-corrected chi connectivity index (χ2v) is 6.59. The maximum absolute atomic E-state index is 13.3. The molecule has 23 heavy (non-hydrogen) atoms. The molecular formula is C18H25FN2O2. The van der Waals surface area contributed by atoms with Crippen LogP contribution in [-0.2, 0) is 4.79 Å². The van der Waals surface area contributed by atoms with Gasteiger partial charge in [0.1, 0.15) is 5.82 Å². The molecule has 2 amide bonds. The number of halogens is 1. The molecule has 5 heteroatoms. The van der Waals surface area contributed by atoms with E-state index in [9.17, 15) is 14.0 Å². The molecule has 0 unspecified atom stereocenters. The van der Waals surface area contributed by atoms with Crippen LogP contribution in [0.1, 0.15) is 42.6 Å². The third kappa shape index (κ3) is 4.53. The highest BCUT2D eigenvalue weighted by Crippen LogP contribution is 2.14. The van der Waals surface area contributed by atoms with Gasteiger partial charge < -0.3 is 9.80 Å². The van der Waals surface area contributed by atoms with Crippen molar-refractivity contribution < 1.29 is 14.0 Å². The zero-order valence-electron chi connectivity index (χ0n) is 14.1. The summed E-state index contributed by atoms with van der Waals surface area (Å²) in [6.45, 7) is 8.13. The molecule has 0 saturated carbocycles. The maximum atomic E-state index is 13.3. The van der Waals surface area contributed by atoms with E-state index < -0.39 is 0 Å². The molecule has 4 nitrogen and oxygen atoms in total. The minimum absolute atomic E-state index is 0.0914. The van der Waals surface area contributed by atoms with Crippen molar-refractivity contribution in [2.45, 2.75) is 33.6 Å². The van der Waals surface area contributed by atoms with E-state index in [0.717, 1.165) is 6.42 Å². The van der Waals surface area contributed by atoms with Crippen molar-refractivity contribution in [3.63, 3.8) is 0 Å². The highest BCUT2D eigenvalue weighted by atomic mass is 19.1. The number of amides is 2. The molecular weight excluding hydrogens is 295 g/mol. The standard InChI is InChI=1S/C18H25FN2O2/c1-13(2)11-17(22)20-7-4-8-21(10-9-20)18(23)15-5-6-16(19)14(3)12-15/h5-6,12-13H,4,7-11H2,1-3H3. The summed E-state index contributed by atoms with van der Waals surface area (Å²) in [5, 5.41) is 0. The Morgan fingerprint density at radius 2 is 1.78 bits per heavy atom. The Bertz CT molecular complexity index is 586. The van der Waals surface area contributed by atoms with E-state index >= 15 is 0 Å². The second kappa shape index (κ2) is 7.57. The molecule has 0 aromatic heterocycles. The highest BCUT2D eigenvalue weighted by molar-refractivity contribution is 5.94. The van der Waals surface area contributed by atoms with Crippen molar-refractivity contribution in [1.29, 1.82) is 0 Å². The zero-order chi connectivity index (χ0) is 17.0. The molecule has 0 spiro atoms. The number of nitrogens with zero attached hydrogens (tertiary/aromatic N) is 2. The fourth-order valence-corrected chi connectivity index (χ4v) is 2.81. The number of aryl methyl sites for hydroxylation is 1.